The molecule has 25 heavy (non-hydrogen) atoms. The summed E-state index contributed by atoms with van der Waals surface area (Å²) >= 11 is 0. The second kappa shape index (κ2) is 5.99. The average Bonchev–Trinajstić information content (AvgIpc) is 2.44. The molecule has 136 valence electrons. The van der Waals surface area contributed by atoms with Crippen molar-refractivity contribution in [2.45, 2.75) is 29.1 Å². The van der Waals surface area contributed by atoms with Gasteiger partial charge in [0, 0.05) is 23.1 Å². The Morgan fingerprint density at radius 2 is 1.16 bits per heavy atom. The molecule has 0 heterocycles. The van der Waals surface area contributed by atoms with E-state index in [1.165, 1.54) is 38.1 Å². The zero-order valence-electron chi connectivity index (χ0n) is 13.2. The Morgan fingerprint density at radius 3 is 1.52 bits per heavy atom. The number of phenols is 2. The van der Waals surface area contributed by atoms with E-state index in [-0.39, 0.29) is 5.75 Å². The summed E-state index contributed by atoms with van der Waals surface area (Å²) in [7, 11) is -9.85. The van der Waals surface area contributed by atoms with Gasteiger partial charge in [-0.05, 0) is 17.7 Å². The summed E-state index contributed by atoms with van der Waals surface area (Å²) < 4.78 is 65.9. The zero-order valence-corrected chi connectivity index (χ0v) is 14.8. The van der Waals surface area contributed by atoms with Crippen LogP contribution in [-0.2, 0) is 25.7 Å². The van der Waals surface area contributed by atoms with E-state index in [2.05, 4.69) is 0 Å². The Morgan fingerprint density at radius 1 is 0.760 bits per heavy atom. The van der Waals surface area contributed by atoms with Crippen LogP contribution in [0.2, 0.25) is 0 Å². The van der Waals surface area contributed by atoms with Gasteiger partial charge in [0.2, 0.25) is 0 Å². The second-order valence-electron chi connectivity index (χ2n) is 5.94. The molecule has 0 aliphatic rings. The molecule has 10 heteroatoms. The SMILES string of the molecule is CC(C)(c1ccc(O)cc1)c1c(S(=O)(=O)O)cc(O)cc1S(=O)(=O)O. The third-order valence-electron chi connectivity index (χ3n) is 3.82. The molecule has 0 saturated carbocycles. The zero-order chi connectivity index (χ0) is 19.2. The van der Waals surface area contributed by atoms with Crippen LogP contribution in [0.25, 0.3) is 0 Å². The fraction of sp³-hybridized carbons (Fsp3) is 0.200. The molecule has 0 atom stereocenters. The Labute approximate surface area is 144 Å². The van der Waals surface area contributed by atoms with Crippen molar-refractivity contribution in [1.82, 2.24) is 0 Å². The number of benzene rings is 2. The van der Waals surface area contributed by atoms with Gasteiger partial charge in [-0.3, -0.25) is 9.11 Å². The monoisotopic (exact) mass is 388 g/mol. The average molecular weight is 388 g/mol. The maximum atomic E-state index is 11.7. The van der Waals surface area contributed by atoms with E-state index < -0.39 is 46.8 Å². The molecule has 4 N–H and O–H groups in total. The standard InChI is InChI=1S/C15H16O8S2/c1-15(2,9-3-5-10(16)6-4-9)14-12(24(18,19)20)7-11(17)8-13(14)25(21,22)23/h3-8,16-17H,1-2H3,(H,18,19,20)(H,21,22,23). The van der Waals surface area contributed by atoms with Crippen LogP contribution in [0, 0.1) is 0 Å². The molecule has 2 rings (SSSR count). The highest BCUT2D eigenvalue weighted by Gasteiger charge is 2.36. The molecule has 0 saturated heterocycles. The van der Waals surface area contributed by atoms with Crippen LogP contribution in [0.1, 0.15) is 25.0 Å². The summed E-state index contributed by atoms with van der Waals surface area (Å²) in [5.41, 5.74) is -1.36. The minimum atomic E-state index is -4.92. The van der Waals surface area contributed by atoms with Gasteiger partial charge in [0.25, 0.3) is 20.2 Å². The van der Waals surface area contributed by atoms with Gasteiger partial charge in [-0.1, -0.05) is 26.0 Å². The maximum absolute atomic E-state index is 11.7. The first kappa shape index (κ1) is 19.2. The van der Waals surface area contributed by atoms with Gasteiger partial charge in [0.05, 0.1) is 0 Å². The highest BCUT2D eigenvalue weighted by molar-refractivity contribution is 7.86. The molecule has 0 bridgehead atoms. The van der Waals surface area contributed by atoms with Gasteiger partial charge >= 0.3 is 0 Å². The summed E-state index contributed by atoms with van der Waals surface area (Å²) in [5.74, 6) is -0.819. The lowest BCUT2D eigenvalue weighted by molar-refractivity contribution is 0.450. The Hall–Kier alpha value is -2.14. The number of phenolic OH excluding ortho intramolecular Hbond substituents is 2. The van der Waals surface area contributed by atoms with Gasteiger partial charge in [0.1, 0.15) is 21.3 Å². The Balaban J connectivity index is 2.98. The Bertz CT molecular complexity index is 967. The van der Waals surface area contributed by atoms with Crippen LogP contribution in [0.5, 0.6) is 11.5 Å². The van der Waals surface area contributed by atoms with Crippen LogP contribution in [0.4, 0.5) is 0 Å². The number of rotatable bonds is 4. The van der Waals surface area contributed by atoms with Crippen LogP contribution in [0.15, 0.2) is 46.2 Å². The van der Waals surface area contributed by atoms with Crippen molar-refractivity contribution < 1.29 is 36.2 Å². The van der Waals surface area contributed by atoms with Gasteiger partial charge in [0.15, 0.2) is 0 Å². The predicted molar refractivity (Wildman–Crippen MR) is 88.0 cm³/mol. The van der Waals surface area contributed by atoms with Crippen LogP contribution < -0.4 is 0 Å². The molecule has 0 radical (unpaired) electrons. The second-order valence-corrected chi connectivity index (χ2v) is 8.72. The first-order chi connectivity index (χ1) is 11.2. The lowest BCUT2D eigenvalue weighted by atomic mass is 9.78. The van der Waals surface area contributed by atoms with Crippen molar-refractivity contribution >= 4 is 20.2 Å². The summed E-state index contributed by atoms with van der Waals surface area (Å²) in [6.07, 6.45) is 0. The van der Waals surface area contributed by atoms with E-state index in [0.717, 1.165) is 0 Å². The topological polar surface area (TPSA) is 149 Å². The van der Waals surface area contributed by atoms with Crippen molar-refractivity contribution in [3.8, 4) is 11.5 Å². The summed E-state index contributed by atoms with van der Waals surface area (Å²) in [4.78, 5) is -1.70. The predicted octanol–water partition coefficient (Wildman–Crippen LogP) is 1.92. The van der Waals surface area contributed by atoms with Crippen molar-refractivity contribution in [2.24, 2.45) is 0 Å². The van der Waals surface area contributed by atoms with Crippen molar-refractivity contribution in [3.63, 3.8) is 0 Å². The first-order valence-corrected chi connectivity index (χ1v) is 9.74. The molecule has 0 aromatic heterocycles. The van der Waals surface area contributed by atoms with E-state index >= 15 is 0 Å². The van der Waals surface area contributed by atoms with E-state index in [4.69, 9.17) is 0 Å². The minimum absolute atomic E-state index is 0.0599. The van der Waals surface area contributed by atoms with Crippen molar-refractivity contribution in [1.29, 1.82) is 0 Å². The van der Waals surface area contributed by atoms with Crippen molar-refractivity contribution in [3.05, 3.63) is 47.5 Å². The van der Waals surface area contributed by atoms with E-state index in [0.29, 0.717) is 17.7 Å². The van der Waals surface area contributed by atoms with Gasteiger partial charge < -0.3 is 10.2 Å². The van der Waals surface area contributed by atoms with Gasteiger partial charge in [-0.2, -0.15) is 16.8 Å². The maximum Gasteiger partial charge on any atom is 0.295 e. The van der Waals surface area contributed by atoms with Gasteiger partial charge in [-0.25, -0.2) is 0 Å². The molecule has 2 aromatic carbocycles. The smallest absolute Gasteiger partial charge is 0.295 e. The number of aromatic hydroxyl groups is 2. The summed E-state index contributed by atoms with van der Waals surface area (Å²) in [6, 6.07) is 6.89. The molecule has 0 aliphatic carbocycles. The molecule has 0 aliphatic heterocycles. The molecule has 0 fully saturated rings. The van der Waals surface area contributed by atoms with Crippen LogP contribution >= 0.6 is 0 Å². The van der Waals surface area contributed by atoms with E-state index in [9.17, 15) is 36.2 Å². The summed E-state index contributed by atoms with van der Waals surface area (Å²) in [6.45, 7) is 2.93. The lowest BCUT2D eigenvalue weighted by Gasteiger charge is -2.29. The first-order valence-electron chi connectivity index (χ1n) is 6.86. The van der Waals surface area contributed by atoms with Crippen molar-refractivity contribution in [2.75, 3.05) is 0 Å². The fourth-order valence-electron chi connectivity index (χ4n) is 2.62. The van der Waals surface area contributed by atoms with Crippen LogP contribution in [-0.4, -0.2) is 36.2 Å². The van der Waals surface area contributed by atoms with E-state index in [1.54, 1.807) is 0 Å². The van der Waals surface area contributed by atoms with E-state index in [1.807, 2.05) is 0 Å². The number of hydrogen-bond acceptors (Lipinski definition) is 6. The largest absolute Gasteiger partial charge is 0.508 e. The minimum Gasteiger partial charge on any atom is -0.508 e. The highest BCUT2D eigenvalue weighted by atomic mass is 32.2. The quantitative estimate of drug-likeness (QED) is 0.580. The molecule has 2 aromatic rings. The highest BCUT2D eigenvalue weighted by Crippen LogP contribution is 2.41. The number of hydrogen-bond donors (Lipinski definition) is 4. The fourth-order valence-corrected chi connectivity index (χ4v) is 4.47. The summed E-state index contributed by atoms with van der Waals surface area (Å²) in [5, 5.41) is 19.0. The molecular weight excluding hydrogens is 372 g/mol. The molecule has 8 nitrogen and oxygen atoms in total. The molecule has 0 unspecified atom stereocenters. The molecule has 0 spiro atoms. The normalized spacial score (nSPS) is 13.0. The Kier molecular flexibility index (Phi) is 4.60. The molecule has 0 amide bonds. The third-order valence-corrected chi connectivity index (χ3v) is 5.58. The van der Waals surface area contributed by atoms with Gasteiger partial charge in [-0.15, -0.1) is 0 Å². The molecular formula is C15H16O8S2. The van der Waals surface area contributed by atoms with Crippen LogP contribution in [0.3, 0.4) is 0 Å². The third kappa shape index (κ3) is 3.76. The lowest BCUT2D eigenvalue weighted by Crippen LogP contribution is -2.25.